The number of primary amides is 1. The third-order valence-corrected chi connectivity index (χ3v) is 4.70. The van der Waals surface area contributed by atoms with Crippen LogP contribution in [0.25, 0.3) is 0 Å². The van der Waals surface area contributed by atoms with Crippen molar-refractivity contribution < 1.29 is 54.3 Å². The quantitative estimate of drug-likeness (QED) is 0.190. The molecule has 0 fully saturated rings. The standard InChI is InChI=1S/C16H23NO11/c1-6(18)11(23)13(25,7(2)19)15(27,9(4)21)16(28,10(5)22)14(26,8(3)20)12(17)24/h6,18,25-28H,1-5H3,(H2,17,24)/t6?,13-,14+,15-,16-/m1/s1. The predicted octanol–water partition coefficient (Wildman–Crippen LogP) is -4.30. The van der Waals surface area contributed by atoms with Gasteiger partial charge < -0.3 is 31.3 Å². The van der Waals surface area contributed by atoms with Crippen LogP contribution in [-0.4, -0.2) is 88.9 Å². The minimum Gasteiger partial charge on any atom is -0.385 e. The number of aliphatic hydroxyl groups is 5. The Morgan fingerprint density at radius 1 is 0.679 bits per heavy atom. The average molecular weight is 405 g/mol. The molecule has 0 bridgehead atoms. The van der Waals surface area contributed by atoms with Crippen LogP contribution in [0.3, 0.4) is 0 Å². The van der Waals surface area contributed by atoms with Crippen LogP contribution >= 0.6 is 0 Å². The molecule has 0 aliphatic rings. The minimum absolute atomic E-state index is 0.387. The Morgan fingerprint density at radius 2 is 0.964 bits per heavy atom. The molecule has 7 N–H and O–H groups in total. The number of hydrogen-bond donors (Lipinski definition) is 6. The molecule has 5 atom stereocenters. The van der Waals surface area contributed by atoms with Crippen LogP contribution in [0.1, 0.15) is 34.6 Å². The Bertz CT molecular complexity index is 744. The van der Waals surface area contributed by atoms with Crippen LogP contribution < -0.4 is 5.73 Å². The molecule has 0 aromatic carbocycles. The molecule has 0 aliphatic heterocycles. The Hall–Kier alpha value is -2.38. The number of amides is 1. The zero-order chi connectivity index (χ0) is 23.0. The van der Waals surface area contributed by atoms with Gasteiger partial charge in [0, 0.05) is 0 Å². The van der Waals surface area contributed by atoms with Gasteiger partial charge in [-0.1, -0.05) is 0 Å². The summed E-state index contributed by atoms with van der Waals surface area (Å²) < 4.78 is 0. The van der Waals surface area contributed by atoms with Gasteiger partial charge in [0.25, 0.3) is 5.91 Å². The van der Waals surface area contributed by atoms with E-state index in [2.05, 4.69) is 0 Å². The van der Waals surface area contributed by atoms with E-state index in [0.29, 0.717) is 27.7 Å². The molecule has 0 heterocycles. The summed E-state index contributed by atoms with van der Waals surface area (Å²) in [6.45, 7) is 2.39. The van der Waals surface area contributed by atoms with Crippen molar-refractivity contribution in [2.24, 2.45) is 5.73 Å². The highest BCUT2D eigenvalue weighted by molar-refractivity contribution is 6.22. The molecule has 1 unspecified atom stereocenters. The van der Waals surface area contributed by atoms with E-state index in [4.69, 9.17) is 5.73 Å². The van der Waals surface area contributed by atoms with E-state index in [-0.39, 0.29) is 0 Å². The number of Topliss-reactive ketones (excluding diaryl/α,β-unsaturated/α-hetero) is 5. The summed E-state index contributed by atoms with van der Waals surface area (Å²) in [5.74, 6) is -11.4. The summed E-state index contributed by atoms with van der Waals surface area (Å²) in [6, 6.07) is 0. The molecule has 0 aromatic rings. The normalized spacial score (nSPS) is 21.1. The van der Waals surface area contributed by atoms with E-state index < -0.39 is 63.3 Å². The lowest BCUT2D eigenvalue weighted by atomic mass is 9.56. The lowest BCUT2D eigenvalue weighted by Gasteiger charge is -2.51. The fourth-order valence-corrected chi connectivity index (χ4v) is 3.06. The predicted molar refractivity (Wildman–Crippen MR) is 88.4 cm³/mol. The summed E-state index contributed by atoms with van der Waals surface area (Å²) in [5.41, 5.74) is -11.8. The van der Waals surface area contributed by atoms with E-state index >= 15 is 0 Å². The molecule has 0 aromatic heterocycles. The van der Waals surface area contributed by atoms with Crippen LogP contribution in [-0.2, 0) is 28.8 Å². The molecule has 12 nitrogen and oxygen atoms in total. The summed E-state index contributed by atoms with van der Waals surface area (Å²) in [6.07, 6.45) is -2.24. The molecule has 12 heteroatoms. The van der Waals surface area contributed by atoms with E-state index in [1.807, 2.05) is 0 Å². The molecular weight excluding hydrogens is 382 g/mol. The third-order valence-electron chi connectivity index (χ3n) is 4.70. The fourth-order valence-electron chi connectivity index (χ4n) is 3.06. The van der Waals surface area contributed by atoms with Gasteiger partial charge in [-0.3, -0.25) is 28.8 Å². The summed E-state index contributed by atoms with van der Waals surface area (Å²) in [7, 11) is 0. The fraction of sp³-hybridized carbons (Fsp3) is 0.625. The van der Waals surface area contributed by atoms with Gasteiger partial charge in [-0.2, -0.15) is 0 Å². The molecule has 0 spiro atoms. The second-order valence-corrected chi connectivity index (χ2v) is 6.47. The lowest BCUT2D eigenvalue weighted by Crippen LogP contribution is -2.87. The van der Waals surface area contributed by atoms with Gasteiger partial charge in [0.05, 0.1) is 0 Å². The smallest absolute Gasteiger partial charge is 0.260 e. The van der Waals surface area contributed by atoms with E-state index in [1.165, 1.54) is 0 Å². The van der Waals surface area contributed by atoms with Crippen molar-refractivity contribution in [1.29, 1.82) is 0 Å². The molecule has 0 saturated heterocycles. The van der Waals surface area contributed by atoms with Gasteiger partial charge in [-0.05, 0) is 34.6 Å². The maximum Gasteiger partial charge on any atom is 0.260 e. The molecule has 158 valence electrons. The first-order valence-electron chi connectivity index (χ1n) is 7.78. The van der Waals surface area contributed by atoms with Crippen molar-refractivity contribution in [2.45, 2.75) is 63.1 Å². The van der Waals surface area contributed by atoms with E-state index in [0.717, 1.165) is 6.92 Å². The SMILES string of the molecule is CC(=O)[C@@](O)(C(=O)C(C)O)[C@](O)(C(C)=O)[C@@](O)(C(C)=O)[C@](O)(C(C)=O)C(N)=O. The van der Waals surface area contributed by atoms with Crippen LogP contribution in [0.4, 0.5) is 0 Å². The highest BCUT2D eigenvalue weighted by Gasteiger charge is 2.80. The minimum atomic E-state index is -4.30. The molecule has 28 heavy (non-hydrogen) atoms. The first-order chi connectivity index (χ1) is 12.3. The van der Waals surface area contributed by atoms with Crippen LogP contribution in [0, 0.1) is 0 Å². The Kier molecular flexibility index (Phi) is 6.92. The summed E-state index contributed by atoms with van der Waals surface area (Å²) in [5, 5.41) is 52.6. The van der Waals surface area contributed by atoms with Crippen molar-refractivity contribution in [1.82, 2.24) is 0 Å². The Balaban J connectivity index is 7.77. The molecule has 0 aliphatic carbocycles. The highest BCUT2D eigenvalue weighted by Crippen LogP contribution is 2.44. The van der Waals surface area contributed by atoms with E-state index in [9.17, 15) is 54.3 Å². The van der Waals surface area contributed by atoms with Crippen LogP contribution in [0.2, 0.25) is 0 Å². The number of ketones is 5. The van der Waals surface area contributed by atoms with E-state index in [1.54, 1.807) is 0 Å². The Morgan fingerprint density at radius 3 is 1.14 bits per heavy atom. The van der Waals surface area contributed by atoms with Crippen molar-refractivity contribution in [2.75, 3.05) is 0 Å². The number of hydrogen-bond acceptors (Lipinski definition) is 11. The van der Waals surface area contributed by atoms with Crippen molar-refractivity contribution in [3.8, 4) is 0 Å². The zero-order valence-electron chi connectivity index (χ0n) is 15.8. The monoisotopic (exact) mass is 405 g/mol. The molecule has 0 saturated carbocycles. The van der Waals surface area contributed by atoms with Crippen molar-refractivity contribution >= 4 is 34.8 Å². The number of carbonyl (C=O) groups is 6. The first-order valence-corrected chi connectivity index (χ1v) is 7.78. The van der Waals surface area contributed by atoms with Crippen LogP contribution in [0.5, 0.6) is 0 Å². The van der Waals surface area contributed by atoms with Gasteiger partial charge in [0.1, 0.15) is 6.10 Å². The molecule has 0 radical (unpaired) electrons. The highest BCUT2D eigenvalue weighted by atomic mass is 16.4. The number of carbonyl (C=O) groups excluding carboxylic acids is 6. The number of rotatable bonds is 10. The summed E-state index contributed by atoms with van der Waals surface area (Å²) >= 11 is 0. The van der Waals surface area contributed by atoms with Gasteiger partial charge in [-0.15, -0.1) is 0 Å². The number of aliphatic hydroxyl groups excluding tert-OH is 1. The van der Waals surface area contributed by atoms with Gasteiger partial charge >= 0.3 is 0 Å². The zero-order valence-corrected chi connectivity index (χ0v) is 15.8. The third kappa shape index (κ3) is 2.89. The maximum absolute atomic E-state index is 12.4. The molecular formula is C16H23NO11. The average Bonchev–Trinajstić information content (AvgIpc) is 2.56. The second-order valence-electron chi connectivity index (χ2n) is 6.47. The lowest BCUT2D eigenvalue weighted by molar-refractivity contribution is -0.257. The molecule has 0 rings (SSSR count). The Labute approximate surface area is 158 Å². The topological polar surface area (TPSA) is 230 Å². The summed E-state index contributed by atoms with van der Waals surface area (Å²) in [4.78, 5) is 72.8. The van der Waals surface area contributed by atoms with Crippen LogP contribution in [0.15, 0.2) is 0 Å². The van der Waals surface area contributed by atoms with Crippen molar-refractivity contribution in [3.05, 3.63) is 0 Å². The number of nitrogens with two attached hydrogens (primary N) is 1. The second kappa shape index (κ2) is 7.56. The molecule has 1 amide bonds. The largest absolute Gasteiger partial charge is 0.385 e. The maximum atomic E-state index is 12.4. The van der Waals surface area contributed by atoms with Crippen molar-refractivity contribution in [3.63, 3.8) is 0 Å². The first kappa shape index (κ1) is 25.6. The van der Waals surface area contributed by atoms with Gasteiger partial charge in [0.15, 0.2) is 23.1 Å². The van der Waals surface area contributed by atoms with Gasteiger partial charge in [-0.25, -0.2) is 0 Å². The van der Waals surface area contributed by atoms with Gasteiger partial charge in [0.2, 0.25) is 28.2 Å².